The first kappa shape index (κ1) is 22.8. The van der Waals surface area contributed by atoms with Crippen LogP contribution in [0.2, 0.25) is 0 Å². The third kappa shape index (κ3) is 5.45. The van der Waals surface area contributed by atoms with Crippen LogP contribution < -0.4 is 5.32 Å². The number of rotatable bonds is 6. The lowest BCUT2D eigenvalue weighted by Gasteiger charge is -2.34. The maximum absolute atomic E-state index is 13.6. The summed E-state index contributed by atoms with van der Waals surface area (Å²) in [6.45, 7) is 2.69. The molecule has 166 valence electrons. The molecular weight excluding hydrogens is 428 g/mol. The van der Waals surface area contributed by atoms with Gasteiger partial charge in [-0.2, -0.15) is 4.31 Å². The second kappa shape index (κ2) is 9.52. The van der Waals surface area contributed by atoms with Gasteiger partial charge in [0.15, 0.2) is 0 Å². The number of halogens is 2. The minimum absolute atomic E-state index is 0.0146. The van der Waals surface area contributed by atoms with Gasteiger partial charge in [0, 0.05) is 45.2 Å². The van der Waals surface area contributed by atoms with E-state index in [9.17, 15) is 26.8 Å². The Morgan fingerprint density at radius 3 is 2.26 bits per heavy atom. The lowest BCUT2D eigenvalue weighted by molar-refractivity contribution is -0.132. The number of sulfonamides is 1. The molecule has 0 bridgehead atoms. The van der Waals surface area contributed by atoms with Crippen molar-refractivity contribution in [1.29, 1.82) is 0 Å². The molecule has 0 unspecified atom stereocenters. The largest absolute Gasteiger partial charge is 0.351 e. The molecule has 1 aliphatic heterocycles. The summed E-state index contributed by atoms with van der Waals surface area (Å²) in [4.78, 5) is 26.1. The molecule has 1 fully saturated rings. The summed E-state index contributed by atoms with van der Waals surface area (Å²) in [6, 6.07) is 9.23. The van der Waals surface area contributed by atoms with Crippen LogP contribution in [-0.2, 0) is 14.8 Å². The van der Waals surface area contributed by atoms with Gasteiger partial charge >= 0.3 is 0 Å². The molecular formula is C21H23F2N3O4S. The zero-order valence-corrected chi connectivity index (χ0v) is 17.8. The Bertz CT molecular complexity index is 1070. The summed E-state index contributed by atoms with van der Waals surface area (Å²) in [6.07, 6.45) is -0.0146. The zero-order valence-electron chi connectivity index (χ0n) is 17.0. The van der Waals surface area contributed by atoms with Crippen LogP contribution in [0.4, 0.5) is 8.78 Å². The van der Waals surface area contributed by atoms with Crippen molar-refractivity contribution in [3.8, 4) is 0 Å². The topological polar surface area (TPSA) is 86.8 Å². The van der Waals surface area contributed by atoms with Crippen molar-refractivity contribution in [2.45, 2.75) is 18.2 Å². The highest BCUT2D eigenvalue weighted by molar-refractivity contribution is 7.89. The van der Waals surface area contributed by atoms with Crippen LogP contribution in [-0.4, -0.2) is 62.2 Å². The van der Waals surface area contributed by atoms with E-state index in [1.54, 1.807) is 24.3 Å². The van der Waals surface area contributed by atoms with E-state index < -0.39 is 27.6 Å². The highest BCUT2D eigenvalue weighted by atomic mass is 32.2. The Balaban J connectivity index is 1.48. The number of amides is 2. The normalized spacial score (nSPS) is 15.0. The second-order valence-corrected chi connectivity index (χ2v) is 9.17. The molecule has 0 aromatic heterocycles. The van der Waals surface area contributed by atoms with E-state index >= 15 is 0 Å². The molecule has 31 heavy (non-hydrogen) atoms. The number of hydrogen-bond donors (Lipinski definition) is 1. The van der Waals surface area contributed by atoms with Crippen molar-refractivity contribution < 1.29 is 26.8 Å². The summed E-state index contributed by atoms with van der Waals surface area (Å²) in [5, 5.41) is 2.43. The van der Waals surface area contributed by atoms with Gasteiger partial charge in [-0.3, -0.25) is 9.59 Å². The van der Waals surface area contributed by atoms with E-state index in [1.807, 2.05) is 6.92 Å². The maximum Gasteiger partial charge on any atom is 0.254 e. The summed E-state index contributed by atoms with van der Waals surface area (Å²) in [5.41, 5.74) is 0.660. The fraction of sp³-hybridized carbons (Fsp3) is 0.333. The van der Waals surface area contributed by atoms with Gasteiger partial charge in [0.25, 0.3) is 5.91 Å². The van der Waals surface area contributed by atoms with Crippen molar-refractivity contribution >= 4 is 21.8 Å². The van der Waals surface area contributed by atoms with Gasteiger partial charge in [0.05, 0.1) is 10.5 Å². The van der Waals surface area contributed by atoms with E-state index in [2.05, 4.69) is 5.32 Å². The fourth-order valence-corrected chi connectivity index (χ4v) is 4.67. The predicted molar refractivity (Wildman–Crippen MR) is 110 cm³/mol. The highest BCUT2D eigenvalue weighted by Crippen LogP contribution is 2.18. The molecule has 1 heterocycles. The van der Waals surface area contributed by atoms with Crippen LogP contribution >= 0.6 is 0 Å². The highest BCUT2D eigenvalue weighted by Gasteiger charge is 2.29. The Morgan fingerprint density at radius 1 is 1.00 bits per heavy atom. The van der Waals surface area contributed by atoms with Crippen LogP contribution in [0.15, 0.2) is 47.4 Å². The Kier molecular flexibility index (Phi) is 7.01. The van der Waals surface area contributed by atoms with Crippen molar-refractivity contribution in [2.24, 2.45) is 0 Å². The first-order valence-electron chi connectivity index (χ1n) is 9.76. The van der Waals surface area contributed by atoms with E-state index in [4.69, 9.17) is 0 Å². The molecule has 10 heteroatoms. The van der Waals surface area contributed by atoms with Crippen LogP contribution in [0.25, 0.3) is 0 Å². The van der Waals surface area contributed by atoms with E-state index in [0.717, 1.165) is 17.7 Å². The second-order valence-electron chi connectivity index (χ2n) is 7.23. The molecule has 7 nitrogen and oxygen atoms in total. The summed E-state index contributed by atoms with van der Waals surface area (Å²) >= 11 is 0. The van der Waals surface area contributed by atoms with Gasteiger partial charge in [0.1, 0.15) is 11.6 Å². The van der Waals surface area contributed by atoms with E-state index in [-0.39, 0.29) is 55.5 Å². The van der Waals surface area contributed by atoms with Gasteiger partial charge in [0.2, 0.25) is 15.9 Å². The quantitative estimate of drug-likeness (QED) is 0.727. The minimum Gasteiger partial charge on any atom is -0.351 e. The standard InChI is InChI=1S/C21H23F2N3O4S/c1-15-2-5-17(6-3-15)31(29,30)26-12-10-25(11-13-26)20(27)8-9-24-21(28)18-7-4-16(22)14-19(18)23/h2-7,14H,8-13H2,1H3,(H,24,28). The molecule has 1 N–H and O–H groups in total. The first-order valence-corrected chi connectivity index (χ1v) is 11.2. The third-order valence-electron chi connectivity index (χ3n) is 5.05. The van der Waals surface area contributed by atoms with Crippen LogP contribution in [0.5, 0.6) is 0 Å². The minimum atomic E-state index is -3.62. The molecule has 0 atom stereocenters. The molecule has 0 aliphatic carbocycles. The van der Waals surface area contributed by atoms with Gasteiger partial charge in [-0.25, -0.2) is 17.2 Å². The average molecular weight is 451 g/mol. The summed E-state index contributed by atoms with van der Waals surface area (Å²) in [7, 11) is -3.62. The Hall–Kier alpha value is -2.85. The molecule has 0 spiro atoms. The molecule has 1 saturated heterocycles. The van der Waals surface area contributed by atoms with Gasteiger partial charge in [-0.15, -0.1) is 0 Å². The van der Waals surface area contributed by atoms with Crippen LogP contribution in [0.1, 0.15) is 22.3 Å². The number of carbonyl (C=O) groups is 2. The zero-order chi connectivity index (χ0) is 22.6. The monoisotopic (exact) mass is 451 g/mol. The molecule has 2 aromatic rings. The van der Waals surface area contributed by atoms with Crippen molar-refractivity contribution in [2.75, 3.05) is 32.7 Å². The van der Waals surface area contributed by atoms with Crippen LogP contribution in [0, 0.1) is 18.6 Å². The maximum atomic E-state index is 13.6. The molecule has 0 saturated carbocycles. The number of piperazine rings is 1. The van der Waals surface area contributed by atoms with Crippen molar-refractivity contribution in [3.05, 3.63) is 65.2 Å². The lowest BCUT2D eigenvalue weighted by atomic mass is 10.2. The fourth-order valence-electron chi connectivity index (χ4n) is 3.25. The predicted octanol–water partition coefficient (Wildman–Crippen LogP) is 1.93. The van der Waals surface area contributed by atoms with Gasteiger partial charge in [-0.1, -0.05) is 17.7 Å². The molecule has 0 radical (unpaired) electrons. The van der Waals surface area contributed by atoms with Crippen molar-refractivity contribution in [1.82, 2.24) is 14.5 Å². The van der Waals surface area contributed by atoms with Crippen LogP contribution in [0.3, 0.4) is 0 Å². The number of carbonyl (C=O) groups excluding carboxylic acids is 2. The SMILES string of the molecule is Cc1ccc(S(=O)(=O)N2CCN(C(=O)CCNC(=O)c3ccc(F)cc3F)CC2)cc1. The Morgan fingerprint density at radius 2 is 1.65 bits per heavy atom. The third-order valence-corrected chi connectivity index (χ3v) is 6.96. The van der Waals surface area contributed by atoms with Crippen molar-refractivity contribution in [3.63, 3.8) is 0 Å². The number of hydrogen-bond acceptors (Lipinski definition) is 4. The number of nitrogens with zero attached hydrogens (tertiary/aromatic N) is 2. The summed E-state index contributed by atoms with van der Waals surface area (Å²) in [5.74, 6) is -2.74. The lowest BCUT2D eigenvalue weighted by Crippen LogP contribution is -2.50. The number of aryl methyl sites for hydroxylation is 1. The van der Waals surface area contributed by atoms with Gasteiger partial charge < -0.3 is 10.2 Å². The Labute approximate surface area is 179 Å². The molecule has 3 rings (SSSR count). The smallest absolute Gasteiger partial charge is 0.254 e. The first-order chi connectivity index (χ1) is 14.7. The summed E-state index contributed by atoms with van der Waals surface area (Å²) < 4.78 is 53.3. The number of benzene rings is 2. The van der Waals surface area contributed by atoms with E-state index in [0.29, 0.717) is 6.07 Å². The number of nitrogens with one attached hydrogen (secondary N) is 1. The molecule has 1 aliphatic rings. The van der Waals surface area contributed by atoms with E-state index in [1.165, 1.54) is 9.21 Å². The molecule has 2 aromatic carbocycles. The van der Waals surface area contributed by atoms with Gasteiger partial charge in [-0.05, 0) is 31.2 Å². The average Bonchev–Trinajstić information content (AvgIpc) is 2.74. The molecule has 2 amide bonds.